The van der Waals surface area contributed by atoms with Crippen LogP contribution in [0.2, 0.25) is 0 Å². The lowest BCUT2D eigenvalue weighted by atomic mass is 9.81. The average molecular weight is 299 g/mol. The summed E-state index contributed by atoms with van der Waals surface area (Å²) in [6.07, 6.45) is 1.82. The third-order valence-electron chi connectivity index (χ3n) is 2.97. The number of sulfone groups is 1. The molecule has 112 valence electrons. The van der Waals surface area contributed by atoms with Crippen LogP contribution in [-0.4, -0.2) is 49.5 Å². The Balaban J connectivity index is 2.86. The van der Waals surface area contributed by atoms with Gasteiger partial charge >= 0.3 is 7.12 Å². The molecule has 0 aliphatic heterocycles. The van der Waals surface area contributed by atoms with E-state index in [0.717, 1.165) is 25.9 Å². The van der Waals surface area contributed by atoms with Crippen molar-refractivity contribution in [1.29, 1.82) is 0 Å². The van der Waals surface area contributed by atoms with Crippen molar-refractivity contribution in [2.45, 2.75) is 31.6 Å². The van der Waals surface area contributed by atoms with Crippen LogP contribution in [0.15, 0.2) is 29.2 Å². The molecule has 0 aliphatic rings. The predicted octanol–water partition coefficient (Wildman–Crippen LogP) is 0.220. The molecule has 0 unspecified atom stereocenters. The summed E-state index contributed by atoms with van der Waals surface area (Å²) in [4.78, 5) is 2.13. The zero-order valence-electron chi connectivity index (χ0n) is 12.0. The molecule has 0 aliphatic carbocycles. The maximum absolute atomic E-state index is 12.3. The fourth-order valence-electron chi connectivity index (χ4n) is 2.04. The van der Waals surface area contributed by atoms with Crippen LogP contribution in [0.25, 0.3) is 0 Å². The second-order valence-electron chi connectivity index (χ2n) is 4.80. The Bertz CT molecular complexity index is 496. The topological polar surface area (TPSA) is 77.8 Å². The molecule has 0 amide bonds. The van der Waals surface area contributed by atoms with Crippen LogP contribution in [0.4, 0.5) is 0 Å². The van der Waals surface area contributed by atoms with Crippen molar-refractivity contribution >= 4 is 22.4 Å². The van der Waals surface area contributed by atoms with Gasteiger partial charge in [0.05, 0.1) is 4.90 Å². The fraction of sp³-hybridized carbons (Fsp3) is 0.538. The average Bonchev–Trinajstić information content (AvgIpc) is 2.39. The first-order valence-electron chi connectivity index (χ1n) is 6.82. The summed E-state index contributed by atoms with van der Waals surface area (Å²) in [5, 5.41) is 18.0. The third-order valence-corrected chi connectivity index (χ3v) is 4.67. The lowest BCUT2D eigenvalue weighted by molar-refractivity contribution is 0.314. The zero-order valence-corrected chi connectivity index (χ0v) is 12.8. The molecule has 5 nitrogen and oxygen atoms in total. The Hall–Kier alpha value is -0.885. The molecule has 0 radical (unpaired) electrons. The van der Waals surface area contributed by atoms with Crippen molar-refractivity contribution in [2.75, 3.05) is 19.0 Å². The molecular weight excluding hydrogens is 277 g/mol. The minimum atomic E-state index is -3.38. The van der Waals surface area contributed by atoms with Crippen molar-refractivity contribution in [3.05, 3.63) is 24.3 Å². The van der Waals surface area contributed by atoms with Crippen LogP contribution in [-0.2, 0) is 9.84 Å². The van der Waals surface area contributed by atoms with Crippen LogP contribution in [0.1, 0.15) is 26.7 Å². The predicted molar refractivity (Wildman–Crippen MR) is 80.5 cm³/mol. The van der Waals surface area contributed by atoms with E-state index in [1.165, 1.54) is 24.3 Å². The van der Waals surface area contributed by atoms with E-state index in [1.54, 1.807) is 0 Å². The highest BCUT2D eigenvalue weighted by molar-refractivity contribution is 7.91. The first-order chi connectivity index (χ1) is 9.40. The lowest BCUT2D eigenvalue weighted by Gasteiger charge is -2.20. The molecule has 0 bridgehead atoms. The fourth-order valence-corrected chi connectivity index (χ4v) is 3.47. The Morgan fingerprint density at radius 3 is 1.95 bits per heavy atom. The third kappa shape index (κ3) is 4.90. The summed E-state index contributed by atoms with van der Waals surface area (Å²) < 4.78 is 24.6. The first-order valence-corrected chi connectivity index (χ1v) is 8.47. The van der Waals surface area contributed by atoms with Crippen LogP contribution in [0.5, 0.6) is 0 Å². The van der Waals surface area contributed by atoms with Gasteiger partial charge in [-0.3, -0.25) is 4.90 Å². The van der Waals surface area contributed by atoms with Gasteiger partial charge in [0.25, 0.3) is 0 Å². The summed E-state index contributed by atoms with van der Waals surface area (Å²) in [6, 6.07) is 5.67. The minimum absolute atomic E-state index is 0.00426. The largest absolute Gasteiger partial charge is 0.488 e. The van der Waals surface area contributed by atoms with Gasteiger partial charge < -0.3 is 10.0 Å². The Morgan fingerprint density at radius 1 is 1.05 bits per heavy atom. The lowest BCUT2D eigenvalue weighted by Crippen LogP contribution is -2.32. The van der Waals surface area contributed by atoms with Gasteiger partial charge in [0.15, 0.2) is 9.84 Å². The van der Waals surface area contributed by atoms with E-state index in [9.17, 15) is 8.42 Å². The van der Waals surface area contributed by atoms with Gasteiger partial charge in [0, 0.05) is 0 Å². The maximum Gasteiger partial charge on any atom is 0.488 e. The second-order valence-corrected chi connectivity index (χ2v) is 6.76. The van der Waals surface area contributed by atoms with Crippen molar-refractivity contribution in [3.63, 3.8) is 0 Å². The molecule has 0 spiro atoms. The zero-order chi connectivity index (χ0) is 15.2. The number of rotatable bonds is 8. The summed E-state index contributed by atoms with van der Waals surface area (Å²) in [5.74, 6) is -0.00426. The van der Waals surface area contributed by atoms with Crippen LogP contribution < -0.4 is 5.46 Å². The Morgan fingerprint density at radius 2 is 1.55 bits per heavy atom. The van der Waals surface area contributed by atoms with E-state index >= 15 is 0 Å². The van der Waals surface area contributed by atoms with E-state index in [-0.39, 0.29) is 16.2 Å². The van der Waals surface area contributed by atoms with E-state index in [4.69, 9.17) is 10.0 Å². The second kappa shape index (κ2) is 7.78. The standard InChI is InChI=1S/C13H22BNO4S/c1-3-9-15(10-4-2)11-20(18,19)13-7-5-12(6-8-13)14(16)17/h5-8,16-17H,3-4,9-11H2,1-2H3. The van der Waals surface area contributed by atoms with Crippen molar-refractivity contribution in [3.8, 4) is 0 Å². The van der Waals surface area contributed by atoms with E-state index in [1.807, 2.05) is 18.7 Å². The van der Waals surface area contributed by atoms with E-state index in [2.05, 4.69) is 0 Å². The maximum atomic E-state index is 12.3. The smallest absolute Gasteiger partial charge is 0.423 e. The van der Waals surface area contributed by atoms with Crippen molar-refractivity contribution in [1.82, 2.24) is 4.90 Å². The minimum Gasteiger partial charge on any atom is -0.423 e. The van der Waals surface area contributed by atoms with Gasteiger partial charge in [-0.25, -0.2) is 8.42 Å². The van der Waals surface area contributed by atoms with Crippen molar-refractivity contribution in [2.24, 2.45) is 0 Å². The highest BCUT2D eigenvalue weighted by atomic mass is 32.2. The highest BCUT2D eigenvalue weighted by Gasteiger charge is 2.19. The summed E-state index contributed by atoms with van der Waals surface area (Å²) in [7, 11) is -4.96. The highest BCUT2D eigenvalue weighted by Crippen LogP contribution is 2.12. The van der Waals surface area contributed by atoms with E-state index < -0.39 is 17.0 Å². The van der Waals surface area contributed by atoms with Crippen molar-refractivity contribution < 1.29 is 18.5 Å². The normalized spacial score (nSPS) is 11.8. The molecule has 0 saturated carbocycles. The summed E-state index contributed by atoms with van der Waals surface area (Å²) in [5.41, 5.74) is 0.280. The van der Waals surface area contributed by atoms with Gasteiger partial charge in [-0.1, -0.05) is 26.0 Å². The summed E-state index contributed by atoms with van der Waals surface area (Å²) in [6.45, 7) is 5.54. The molecule has 0 aromatic heterocycles. The van der Waals surface area contributed by atoms with Gasteiger partial charge in [0.2, 0.25) is 0 Å². The van der Waals surface area contributed by atoms with Crippen LogP contribution >= 0.6 is 0 Å². The number of hydrogen-bond donors (Lipinski definition) is 2. The summed E-state index contributed by atoms with van der Waals surface area (Å²) >= 11 is 0. The van der Waals surface area contributed by atoms with Gasteiger partial charge in [-0.05, 0) is 43.5 Å². The molecule has 7 heteroatoms. The molecule has 2 N–H and O–H groups in total. The number of hydrogen-bond acceptors (Lipinski definition) is 5. The quantitative estimate of drug-likeness (QED) is 0.671. The van der Waals surface area contributed by atoms with Gasteiger partial charge in [0.1, 0.15) is 5.88 Å². The molecule has 20 heavy (non-hydrogen) atoms. The molecule has 1 rings (SSSR count). The molecule has 0 atom stereocenters. The molecule has 1 aromatic carbocycles. The van der Waals surface area contributed by atoms with Crippen LogP contribution in [0, 0.1) is 0 Å². The van der Waals surface area contributed by atoms with Crippen LogP contribution in [0.3, 0.4) is 0 Å². The number of benzene rings is 1. The van der Waals surface area contributed by atoms with Gasteiger partial charge in [-0.2, -0.15) is 0 Å². The van der Waals surface area contributed by atoms with E-state index in [0.29, 0.717) is 0 Å². The van der Waals surface area contributed by atoms with Gasteiger partial charge in [-0.15, -0.1) is 0 Å². The SMILES string of the molecule is CCCN(CCC)CS(=O)(=O)c1ccc(B(O)O)cc1. The Kier molecular flexibility index (Phi) is 6.68. The molecule has 1 aromatic rings. The molecular formula is C13H22BNO4S. The number of nitrogens with zero attached hydrogens (tertiary/aromatic N) is 1. The monoisotopic (exact) mass is 299 g/mol. The molecule has 0 saturated heterocycles. The first kappa shape index (κ1) is 17.2. The molecule has 0 heterocycles. The molecule has 0 fully saturated rings. The Labute approximate surface area is 121 Å².